The van der Waals surface area contributed by atoms with Crippen LogP contribution in [0, 0.1) is 22.0 Å². The molecule has 2 aliphatic rings. The van der Waals surface area contributed by atoms with Crippen LogP contribution in [-0.4, -0.2) is 40.5 Å². The lowest BCUT2D eigenvalue weighted by Gasteiger charge is -2.31. The number of carbonyl (C=O) groups excluding carboxylic acids is 2. The number of fused-ring (bicyclic) bond motifs is 1. The molecule has 3 aromatic carbocycles. The third-order valence-electron chi connectivity index (χ3n) is 7.21. The number of hydrogen-bond donors (Lipinski definition) is 2. The number of nitro groups is 1. The van der Waals surface area contributed by atoms with Crippen molar-refractivity contribution in [3.05, 3.63) is 98.5 Å². The van der Waals surface area contributed by atoms with Crippen LogP contribution < -0.4 is 15.0 Å². The molecule has 2 heterocycles. The van der Waals surface area contributed by atoms with Crippen LogP contribution in [0.25, 0.3) is 0 Å². The summed E-state index contributed by atoms with van der Waals surface area (Å²) in [4.78, 5) is 52.6. The maximum Gasteiger partial charge on any atom is 0.325 e. The molecule has 0 aliphatic carbocycles. The summed E-state index contributed by atoms with van der Waals surface area (Å²) in [6.07, 6.45) is -0.0401. The molecule has 0 bridgehead atoms. The number of hydrogen-bond acceptors (Lipinski definition) is 7. The van der Waals surface area contributed by atoms with Gasteiger partial charge in [0.25, 0.3) is 5.69 Å². The van der Waals surface area contributed by atoms with Gasteiger partial charge in [-0.3, -0.25) is 29.8 Å². The maximum absolute atomic E-state index is 14.0. The van der Waals surface area contributed by atoms with E-state index in [1.54, 1.807) is 54.6 Å². The zero-order chi connectivity index (χ0) is 27.2. The third-order valence-corrected chi connectivity index (χ3v) is 7.73. The summed E-state index contributed by atoms with van der Waals surface area (Å²) in [5, 5.41) is 25.0. The summed E-state index contributed by atoms with van der Waals surface area (Å²) in [6.45, 7) is 0. The molecule has 2 amide bonds. The Balaban J connectivity index is 1.66. The lowest BCUT2D eigenvalue weighted by Crippen LogP contribution is -2.57. The fourth-order valence-electron chi connectivity index (χ4n) is 5.51. The molecule has 38 heavy (non-hydrogen) atoms. The van der Waals surface area contributed by atoms with E-state index in [4.69, 9.17) is 4.74 Å². The first-order chi connectivity index (χ1) is 18.2. The summed E-state index contributed by atoms with van der Waals surface area (Å²) in [7, 11) is 1.28. The Morgan fingerprint density at radius 3 is 2.39 bits per heavy atom. The van der Waals surface area contributed by atoms with Crippen LogP contribution in [0.15, 0.2) is 77.3 Å². The van der Waals surface area contributed by atoms with Crippen molar-refractivity contribution in [2.75, 3.05) is 12.0 Å². The first-order valence-electron chi connectivity index (χ1n) is 11.7. The van der Waals surface area contributed by atoms with Gasteiger partial charge in [0.15, 0.2) is 0 Å². The van der Waals surface area contributed by atoms with Crippen molar-refractivity contribution in [2.45, 2.75) is 18.0 Å². The van der Waals surface area contributed by atoms with Gasteiger partial charge < -0.3 is 9.84 Å². The number of halogens is 1. The van der Waals surface area contributed by atoms with E-state index < -0.39 is 46.1 Å². The average molecular weight is 580 g/mol. The van der Waals surface area contributed by atoms with E-state index in [0.717, 1.165) is 15.4 Å². The van der Waals surface area contributed by atoms with Gasteiger partial charge in [-0.25, -0.2) is 4.90 Å². The summed E-state index contributed by atoms with van der Waals surface area (Å²) >= 11 is 3.39. The zero-order valence-electron chi connectivity index (χ0n) is 20.0. The SMILES string of the molecule is COc1cc([N+](=O)[O-])ccc1N1C(=O)[C@H]2[C@@H](C1=O)[C@](Cc1ccccc1)(C(=O)O)N[C@H]2c1ccc(Br)cc1. The van der Waals surface area contributed by atoms with Crippen LogP contribution in [0.3, 0.4) is 0 Å². The number of carboxylic acid groups (broad SMARTS) is 1. The Kier molecular flexibility index (Phi) is 6.49. The number of nitrogens with zero attached hydrogens (tertiary/aromatic N) is 2. The molecule has 0 aromatic heterocycles. The average Bonchev–Trinajstić information content (AvgIpc) is 3.38. The van der Waals surface area contributed by atoms with Gasteiger partial charge in [-0.15, -0.1) is 0 Å². The van der Waals surface area contributed by atoms with Gasteiger partial charge in [-0.1, -0.05) is 58.4 Å². The fourth-order valence-corrected chi connectivity index (χ4v) is 5.78. The summed E-state index contributed by atoms with van der Waals surface area (Å²) in [5.41, 5.74) is -0.708. The number of benzene rings is 3. The molecule has 0 saturated carbocycles. The van der Waals surface area contributed by atoms with Gasteiger partial charge in [0.05, 0.1) is 35.6 Å². The topological polar surface area (TPSA) is 139 Å². The molecule has 2 N–H and O–H groups in total. The van der Waals surface area contributed by atoms with E-state index >= 15 is 0 Å². The highest BCUT2D eigenvalue weighted by Gasteiger charge is 2.68. The Bertz CT molecular complexity index is 1450. The predicted molar refractivity (Wildman–Crippen MR) is 140 cm³/mol. The lowest BCUT2D eigenvalue weighted by atomic mass is 9.76. The molecule has 11 heteroatoms. The Morgan fingerprint density at radius 2 is 1.79 bits per heavy atom. The van der Waals surface area contributed by atoms with E-state index in [2.05, 4.69) is 21.2 Å². The molecule has 194 valence electrons. The number of imide groups is 1. The monoisotopic (exact) mass is 579 g/mol. The molecule has 2 saturated heterocycles. The van der Waals surface area contributed by atoms with Crippen molar-refractivity contribution in [3.63, 3.8) is 0 Å². The Hall–Kier alpha value is -4.09. The number of non-ortho nitro benzene ring substituents is 1. The van der Waals surface area contributed by atoms with Gasteiger partial charge in [0.1, 0.15) is 11.3 Å². The zero-order valence-corrected chi connectivity index (χ0v) is 21.6. The van der Waals surface area contributed by atoms with Crippen LogP contribution in [0.1, 0.15) is 17.2 Å². The number of carboxylic acids is 1. The molecule has 0 unspecified atom stereocenters. The number of rotatable bonds is 7. The molecule has 2 fully saturated rings. The number of nitro benzene ring substituents is 1. The van der Waals surface area contributed by atoms with Gasteiger partial charge in [0.2, 0.25) is 11.8 Å². The normalized spacial score (nSPS) is 24.4. The van der Waals surface area contributed by atoms with Crippen molar-refractivity contribution in [2.24, 2.45) is 11.8 Å². The number of ether oxygens (including phenoxy) is 1. The molecule has 2 aliphatic heterocycles. The molecule has 0 spiro atoms. The second-order valence-corrected chi connectivity index (χ2v) is 10.2. The fraction of sp³-hybridized carbons (Fsp3) is 0.222. The van der Waals surface area contributed by atoms with Crippen molar-refractivity contribution in [1.82, 2.24) is 5.32 Å². The number of amides is 2. The van der Waals surface area contributed by atoms with Crippen molar-refractivity contribution in [1.29, 1.82) is 0 Å². The molecule has 4 atom stereocenters. The van der Waals surface area contributed by atoms with Crippen LogP contribution in [0.4, 0.5) is 11.4 Å². The smallest absolute Gasteiger partial charge is 0.325 e. The molecule has 0 radical (unpaired) electrons. The predicted octanol–water partition coefficient (Wildman–Crippen LogP) is 3.88. The van der Waals surface area contributed by atoms with Crippen molar-refractivity contribution >= 4 is 45.1 Å². The highest BCUT2D eigenvalue weighted by atomic mass is 79.9. The number of carbonyl (C=O) groups is 3. The van der Waals surface area contributed by atoms with Crippen molar-refractivity contribution in [3.8, 4) is 5.75 Å². The van der Waals surface area contributed by atoms with Gasteiger partial charge >= 0.3 is 5.97 Å². The number of methoxy groups -OCH3 is 1. The molecular formula is C27H22BrN3O7. The van der Waals surface area contributed by atoms with Crippen LogP contribution in [-0.2, 0) is 20.8 Å². The minimum absolute atomic E-state index is 0.0241. The molecule has 3 aromatic rings. The standard InChI is InChI=1S/C27H22BrN3O7/c1-38-20-13-18(31(36)37)11-12-19(20)30-24(32)21-22(25(30)33)27(26(34)35,14-15-5-3-2-4-6-15)29-23(21)16-7-9-17(28)10-8-16/h2-13,21-23,29H,14H2,1H3,(H,34,35)/t21-,22-,23-,27+/m0/s1. The second-order valence-electron chi connectivity index (χ2n) is 9.24. The number of anilines is 1. The second kappa shape index (κ2) is 9.66. The maximum atomic E-state index is 14.0. The van der Waals surface area contributed by atoms with Crippen molar-refractivity contribution < 1.29 is 29.2 Å². The van der Waals surface area contributed by atoms with E-state index in [0.29, 0.717) is 11.1 Å². The van der Waals surface area contributed by atoms with E-state index in [1.807, 2.05) is 0 Å². The lowest BCUT2D eigenvalue weighted by molar-refractivity contribution is -0.384. The highest BCUT2D eigenvalue weighted by Crippen LogP contribution is 2.52. The Labute approximate surface area is 225 Å². The van der Waals surface area contributed by atoms with Gasteiger partial charge in [-0.2, -0.15) is 0 Å². The molecule has 10 nitrogen and oxygen atoms in total. The summed E-state index contributed by atoms with van der Waals surface area (Å²) in [6, 6.07) is 18.8. The third kappa shape index (κ3) is 4.04. The van der Waals surface area contributed by atoms with Gasteiger partial charge in [0, 0.05) is 23.0 Å². The molecule has 5 rings (SSSR count). The van der Waals surface area contributed by atoms with E-state index in [-0.39, 0.29) is 23.5 Å². The van der Waals surface area contributed by atoms with Crippen LogP contribution in [0.5, 0.6) is 5.75 Å². The van der Waals surface area contributed by atoms with Crippen LogP contribution in [0.2, 0.25) is 0 Å². The minimum Gasteiger partial charge on any atom is -0.494 e. The van der Waals surface area contributed by atoms with E-state index in [1.165, 1.54) is 19.2 Å². The summed E-state index contributed by atoms with van der Waals surface area (Å²) in [5.74, 6) is -4.90. The highest BCUT2D eigenvalue weighted by molar-refractivity contribution is 9.10. The van der Waals surface area contributed by atoms with Crippen LogP contribution >= 0.6 is 15.9 Å². The van der Waals surface area contributed by atoms with E-state index in [9.17, 15) is 29.6 Å². The number of aliphatic carboxylic acids is 1. The quantitative estimate of drug-likeness (QED) is 0.244. The minimum atomic E-state index is -1.79. The van der Waals surface area contributed by atoms with Gasteiger partial charge in [-0.05, 0) is 29.3 Å². The summed E-state index contributed by atoms with van der Waals surface area (Å²) < 4.78 is 6.10. The first-order valence-corrected chi connectivity index (χ1v) is 12.5. The molecular weight excluding hydrogens is 558 g/mol. The largest absolute Gasteiger partial charge is 0.494 e. The Morgan fingerprint density at radius 1 is 1.11 bits per heavy atom. The number of nitrogens with one attached hydrogen (secondary N) is 1. The first kappa shape index (κ1) is 25.6.